The molecule has 0 saturated carbocycles. The van der Waals surface area contributed by atoms with Crippen molar-refractivity contribution in [3.63, 3.8) is 0 Å². The molecule has 0 aromatic rings. The summed E-state index contributed by atoms with van der Waals surface area (Å²) in [6.45, 7) is 13.6. The van der Waals surface area contributed by atoms with Crippen LogP contribution in [0.15, 0.2) is 5.10 Å². The second kappa shape index (κ2) is 6.56. The van der Waals surface area contributed by atoms with Gasteiger partial charge in [-0.05, 0) is 58.4 Å². The summed E-state index contributed by atoms with van der Waals surface area (Å²) >= 11 is 4.48. The van der Waals surface area contributed by atoms with Gasteiger partial charge in [0.1, 0.15) is 5.78 Å². The van der Waals surface area contributed by atoms with E-state index in [-0.39, 0.29) is 0 Å². The zero-order valence-corrected chi connectivity index (χ0v) is 15.8. The van der Waals surface area contributed by atoms with Crippen LogP contribution in [0, 0.1) is 0 Å². The van der Waals surface area contributed by atoms with Crippen LogP contribution in [-0.2, 0) is 13.0 Å². The number of isothiocyanates is 1. The molecular weight excluding hydrogens is 303 g/mol. The molecule has 0 radical (unpaired) electrons. The molecule has 5 nitrogen and oxygen atoms in total. The lowest BCUT2D eigenvalue weighted by Gasteiger charge is -2.33. The first kappa shape index (κ1) is 18.2. The van der Waals surface area contributed by atoms with E-state index >= 15 is 0 Å². The Kier molecular flexibility index (Phi) is 6.63. The molecule has 0 aromatic carbocycles. The Hall–Kier alpha value is 0.184. The molecule has 0 aliphatic carbocycles. The molecule has 0 rings (SSSR count). The smallest absolute Gasteiger partial charge is 0.334 e. The summed E-state index contributed by atoms with van der Waals surface area (Å²) in [6.07, 6.45) is 0. The topological polar surface area (TPSA) is 59.9 Å². The van der Waals surface area contributed by atoms with Crippen molar-refractivity contribution in [3.8, 4) is 0 Å². The first-order valence-electron chi connectivity index (χ1n) is 5.73. The minimum atomic E-state index is -3.25. The normalized spacial score (nSPS) is 14.8. The summed E-state index contributed by atoms with van der Waals surface area (Å²) in [6, 6.07) is 0. The second-order valence-electron chi connectivity index (χ2n) is 5.96. The first-order valence-corrected chi connectivity index (χ1v) is 14.6. The Labute approximate surface area is 117 Å². The van der Waals surface area contributed by atoms with Gasteiger partial charge < -0.3 is 8.43 Å². The summed E-state index contributed by atoms with van der Waals surface area (Å²) in [4.78, 5) is 0. The third kappa shape index (κ3) is 7.58. The van der Waals surface area contributed by atoms with Crippen LogP contribution in [0.2, 0.25) is 39.3 Å². The molecule has 1 atom stereocenters. The third-order valence-corrected chi connectivity index (χ3v) is 9.15. The molecule has 0 aliphatic heterocycles. The highest BCUT2D eigenvalue weighted by molar-refractivity contribution is 7.78. The van der Waals surface area contributed by atoms with Gasteiger partial charge in [0, 0.05) is 0 Å². The molecule has 0 heterocycles. The quantitative estimate of drug-likeness (QED) is 0.253. The van der Waals surface area contributed by atoms with E-state index in [1.165, 1.54) is 0 Å². The van der Waals surface area contributed by atoms with Crippen molar-refractivity contribution in [2.75, 3.05) is 0 Å². The fourth-order valence-corrected chi connectivity index (χ4v) is 9.24. The van der Waals surface area contributed by atoms with E-state index in [9.17, 15) is 4.57 Å². The summed E-state index contributed by atoms with van der Waals surface area (Å²) in [5.41, 5.74) is 2.66. The van der Waals surface area contributed by atoms with Crippen LogP contribution >= 0.6 is 19.8 Å². The molecule has 0 fully saturated rings. The minimum Gasteiger partial charge on any atom is -0.350 e. The monoisotopic (exact) mass is 326 g/mol. The molecule has 106 valence electrons. The van der Waals surface area contributed by atoms with Crippen molar-refractivity contribution < 1.29 is 13.0 Å². The largest absolute Gasteiger partial charge is 0.350 e. The molecular formula is C9H23N2O3PSSi2. The highest BCUT2D eigenvalue weighted by Gasteiger charge is 2.41. The van der Waals surface area contributed by atoms with Crippen LogP contribution in [0.1, 0.15) is 6.92 Å². The number of nitrogens with one attached hydrogen (secondary N) is 1. The number of hydrogen-bond acceptors (Lipinski definition) is 6. The Morgan fingerprint density at radius 3 is 1.83 bits per heavy atom. The highest BCUT2D eigenvalue weighted by Crippen LogP contribution is 2.56. The molecule has 9 heteroatoms. The SMILES string of the molecule is CC(NN=C=S)P(=O)(O[Si](C)(C)C)O[Si](C)(C)C. The van der Waals surface area contributed by atoms with E-state index in [0.717, 1.165) is 0 Å². The van der Waals surface area contributed by atoms with E-state index in [0.29, 0.717) is 0 Å². The van der Waals surface area contributed by atoms with E-state index in [2.05, 4.69) is 27.9 Å². The Bertz CT molecular complexity index is 355. The summed E-state index contributed by atoms with van der Waals surface area (Å²) in [7, 11) is -7.23. The van der Waals surface area contributed by atoms with Crippen LogP contribution in [0.4, 0.5) is 0 Å². The maximum Gasteiger partial charge on any atom is 0.334 e. The molecule has 1 N–H and O–H groups in total. The summed E-state index contributed by atoms with van der Waals surface area (Å²) < 4.78 is 24.5. The van der Waals surface area contributed by atoms with Crippen molar-refractivity contribution in [2.24, 2.45) is 5.10 Å². The van der Waals surface area contributed by atoms with Gasteiger partial charge in [0.05, 0.1) is 5.16 Å². The molecule has 0 spiro atoms. The van der Waals surface area contributed by atoms with Gasteiger partial charge in [-0.25, -0.2) is 0 Å². The van der Waals surface area contributed by atoms with E-state index in [1.54, 1.807) is 6.92 Å². The molecule has 18 heavy (non-hydrogen) atoms. The Morgan fingerprint density at radius 2 is 1.56 bits per heavy atom. The Balaban J connectivity index is 5.14. The lowest BCUT2D eigenvalue weighted by atomic mass is 10.8. The maximum absolute atomic E-state index is 12.9. The van der Waals surface area contributed by atoms with Gasteiger partial charge in [-0.1, -0.05) is 0 Å². The van der Waals surface area contributed by atoms with Crippen LogP contribution in [0.25, 0.3) is 0 Å². The molecule has 0 amide bonds. The fraction of sp³-hybridized carbons (Fsp3) is 0.889. The van der Waals surface area contributed by atoms with Crippen molar-refractivity contribution in [3.05, 3.63) is 0 Å². The summed E-state index contributed by atoms with van der Waals surface area (Å²) in [5.74, 6) is -0.536. The molecule has 0 saturated heterocycles. The zero-order valence-electron chi connectivity index (χ0n) is 12.1. The van der Waals surface area contributed by atoms with Gasteiger partial charge in [0.15, 0.2) is 16.6 Å². The van der Waals surface area contributed by atoms with Gasteiger partial charge >= 0.3 is 7.60 Å². The number of thiocarbonyl (C=S) groups is 1. The number of hydrazone groups is 1. The van der Waals surface area contributed by atoms with Crippen LogP contribution in [0.3, 0.4) is 0 Å². The average molecular weight is 327 g/mol. The van der Waals surface area contributed by atoms with E-state index < -0.39 is 30.0 Å². The van der Waals surface area contributed by atoms with Gasteiger partial charge in [-0.3, -0.25) is 9.99 Å². The zero-order chi connectivity index (χ0) is 14.6. The maximum atomic E-state index is 12.9. The van der Waals surface area contributed by atoms with Gasteiger partial charge in [0.2, 0.25) is 0 Å². The predicted octanol–water partition coefficient (Wildman–Crippen LogP) is 3.84. The van der Waals surface area contributed by atoms with Crippen LogP contribution < -0.4 is 5.43 Å². The standard InChI is InChI=1S/C9H23N2O3PSSi2/c1-9(11-10-8-16)15(12,13-17(2,3)4)14-18(5,6)7/h9,11H,1-7H3. The third-order valence-electron chi connectivity index (χ3n) is 1.57. The van der Waals surface area contributed by atoms with Gasteiger partial charge in [-0.2, -0.15) is 0 Å². The summed E-state index contributed by atoms with van der Waals surface area (Å²) in [5, 5.41) is 5.80. The van der Waals surface area contributed by atoms with E-state index in [1.807, 2.05) is 39.3 Å². The number of rotatable bonds is 7. The van der Waals surface area contributed by atoms with Crippen LogP contribution in [0.5, 0.6) is 0 Å². The van der Waals surface area contributed by atoms with Crippen molar-refractivity contribution in [1.82, 2.24) is 5.43 Å². The van der Waals surface area contributed by atoms with Gasteiger partial charge in [-0.15, -0.1) is 5.10 Å². The fourth-order valence-electron chi connectivity index (χ4n) is 1.13. The highest BCUT2D eigenvalue weighted by atomic mass is 32.1. The predicted molar refractivity (Wildman–Crippen MR) is 84.1 cm³/mol. The molecule has 0 bridgehead atoms. The second-order valence-corrected chi connectivity index (χ2v) is 17.9. The lowest BCUT2D eigenvalue weighted by Crippen LogP contribution is -2.35. The molecule has 1 unspecified atom stereocenters. The lowest BCUT2D eigenvalue weighted by molar-refractivity contribution is 0.362. The van der Waals surface area contributed by atoms with Crippen molar-refractivity contribution >= 4 is 41.6 Å². The first-order chi connectivity index (χ1) is 7.90. The molecule has 0 aliphatic rings. The Morgan fingerprint density at radius 1 is 1.17 bits per heavy atom. The van der Waals surface area contributed by atoms with Gasteiger partial charge in [0.25, 0.3) is 0 Å². The van der Waals surface area contributed by atoms with Crippen molar-refractivity contribution in [1.29, 1.82) is 0 Å². The number of nitrogens with zero attached hydrogens (tertiary/aromatic N) is 1. The average Bonchev–Trinajstić information content (AvgIpc) is 2.07. The molecule has 0 aromatic heterocycles. The van der Waals surface area contributed by atoms with E-state index in [4.69, 9.17) is 8.43 Å². The minimum absolute atomic E-state index is 0.536. The van der Waals surface area contributed by atoms with Crippen LogP contribution in [-0.4, -0.2) is 27.6 Å². The number of hydrogen-bond donors (Lipinski definition) is 1. The van der Waals surface area contributed by atoms with Crippen molar-refractivity contribution in [2.45, 2.75) is 52.0 Å².